The molecular formula is C16H20N4. The summed E-state index contributed by atoms with van der Waals surface area (Å²) in [6, 6.07) is 0. The Kier molecular flexibility index (Phi) is 2.16. The summed E-state index contributed by atoms with van der Waals surface area (Å²) in [7, 11) is 0. The van der Waals surface area contributed by atoms with E-state index in [1.54, 1.807) is 0 Å². The number of hydrogen-bond donors (Lipinski definition) is 0. The number of nitrogens with zero attached hydrogens (tertiary/aromatic N) is 4. The first-order chi connectivity index (χ1) is 9.35. The first-order valence-corrected chi connectivity index (χ1v) is 7.37. The van der Waals surface area contributed by atoms with Crippen LogP contribution in [0.3, 0.4) is 0 Å². The van der Waals surface area contributed by atoms with Crippen LogP contribution in [0.25, 0.3) is 10.8 Å². The van der Waals surface area contributed by atoms with Crippen LogP contribution >= 0.6 is 0 Å². The minimum absolute atomic E-state index is 0.204. The molecule has 0 atom stereocenters. The highest BCUT2D eigenvalue weighted by Crippen LogP contribution is 2.42. The standard InChI is InChI=1S/C16H20N4/c1-15(2)5-9-13-10(6-15)18-20-12-8-16(3,4)7-11(14(12)13)19-17-9/h5-8H2,1-4H3. The topological polar surface area (TPSA) is 51.6 Å². The van der Waals surface area contributed by atoms with E-state index in [4.69, 9.17) is 0 Å². The van der Waals surface area contributed by atoms with Crippen molar-refractivity contribution in [2.24, 2.45) is 10.8 Å². The molecule has 4 nitrogen and oxygen atoms in total. The first-order valence-electron chi connectivity index (χ1n) is 7.37. The van der Waals surface area contributed by atoms with E-state index in [2.05, 4.69) is 48.1 Å². The van der Waals surface area contributed by atoms with Gasteiger partial charge in [0, 0.05) is 10.8 Å². The summed E-state index contributed by atoms with van der Waals surface area (Å²) in [5, 5.41) is 20.6. The maximum absolute atomic E-state index is 4.53. The molecule has 104 valence electrons. The molecule has 0 saturated carbocycles. The molecule has 0 unspecified atom stereocenters. The van der Waals surface area contributed by atoms with Gasteiger partial charge in [-0.2, -0.15) is 20.4 Å². The lowest BCUT2D eigenvalue weighted by Crippen LogP contribution is -2.30. The molecule has 0 saturated heterocycles. The van der Waals surface area contributed by atoms with Gasteiger partial charge in [-0.3, -0.25) is 0 Å². The molecule has 2 aliphatic rings. The van der Waals surface area contributed by atoms with Gasteiger partial charge >= 0.3 is 0 Å². The molecule has 0 bridgehead atoms. The smallest absolute Gasteiger partial charge is 0.0734 e. The van der Waals surface area contributed by atoms with Crippen LogP contribution in [-0.2, 0) is 25.7 Å². The van der Waals surface area contributed by atoms with E-state index in [0.717, 1.165) is 48.5 Å². The lowest BCUT2D eigenvalue weighted by Gasteiger charge is -2.34. The van der Waals surface area contributed by atoms with Crippen molar-refractivity contribution in [1.82, 2.24) is 20.4 Å². The Morgan fingerprint density at radius 1 is 0.550 bits per heavy atom. The minimum atomic E-state index is 0.204. The summed E-state index contributed by atoms with van der Waals surface area (Å²) in [6.07, 6.45) is 3.94. The average Bonchev–Trinajstić information content (AvgIpc) is 2.32. The number of aromatic nitrogens is 4. The maximum Gasteiger partial charge on any atom is 0.0734 e. The van der Waals surface area contributed by atoms with Gasteiger partial charge in [-0.15, -0.1) is 0 Å². The van der Waals surface area contributed by atoms with Crippen LogP contribution in [0.4, 0.5) is 0 Å². The molecule has 2 aromatic rings. The molecule has 0 aromatic carbocycles. The van der Waals surface area contributed by atoms with Crippen molar-refractivity contribution in [1.29, 1.82) is 0 Å². The molecule has 0 amide bonds. The summed E-state index contributed by atoms with van der Waals surface area (Å²) >= 11 is 0. The fourth-order valence-corrected chi connectivity index (χ4v) is 3.78. The van der Waals surface area contributed by atoms with E-state index in [9.17, 15) is 0 Å². The van der Waals surface area contributed by atoms with Crippen LogP contribution in [0.5, 0.6) is 0 Å². The minimum Gasteiger partial charge on any atom is -0.155 e. The summed E-state index contributed by atoms with van der Waals surface area (Å²) < 4.78 is 0. The largest absolute Gasteiger partial charge is 0.155 e. The third kappa shape index (κ3) is 1.67. The van der Waals surface area contributed by atoms with Gasteiger partial charge < -0.3 is 0 Å². The van der Waals surface area contributed by atoms with E-state index in [-0.39, 0.29) is 10.8 Å². The van der Waals surface area contributed by atoms with Crippen molar-refractivity contribution in [2.75, 3.05) is 0 Å². The zero-order valence-corrected chi connectivity index (χ0v) is 12.6. The van der Waals surface area contributed by atoms with Crippen molar-refractivity contribution >= 4 is 10.8 Å². The Hall–Kier alpha value is -1.58. The van der Waals surface area contributed by atoms with Crippen LogP contribution in [-0.4, -0.2) is 20.4 Å². The second-order valence-electron chi connectivity index (χ2n) is 7.97. The SMILES string of the molecule is CC1(C)Cc2nnc3c4c(nnc(c24)C1)CC(C)(C)C3. The zero-order valence-electron chi connectivity index (χ0n) is 12.6. The Morgan fingerprint density at radius 3 is 1.05 bits per heavy atom. The molecule has 0 fully saturated rings. The van der Waals surface area contributed by atoms with E-state index >= 15 is 0 Å². The molecule has 0 spiro atoms. The summed E-state index contributed by atoms with van der Waals surface area (Å²) in [4.78, 5) is 0. The summed E-state index contributed by atoms with van der Waals surface area (Å²) in [5.74, 6) is 0. The Morgan fingerprint density at radius 2 is 0.800 bits per heavy atom. The second kappa shape index (κ2) is 3.54. The van der Waals surface area contributed by atoms with Gasteiger partial charge in [-0.1, -0.05) is 27.7 Å². The summed E-state index contributed by atoms with van der Waals surface area (Å²) in [6.45, 7) is 9.06. The molecular weight excluding hydrogens is 248 g/mol. The van der Waals surface area contributed by atoms with E-state index in [1.165, 1.54) is 10.8 Å². The Balaban J connectivity index is 2.04. The van der Waals surface area contributed by atoms with E-state index < -0.39 is 0 Å². The normalized spacial score (nSPS) is 22.0. The zero-order chi connectivity index (χ0) is 14.1. The third-order valence-electron chi connectivity index (χ3n) is 4.57. The predicted molar refractivity (Wildman–Crippen MR) is 77.5 cm³/mol. The summed E-state index contributed by atoms with van der Waals surface area (Å²) in [5.41, 5.74) is 4.87. The highest BCUT2D eigenvalue weighted by molar-refractivity contribution is 5.91. The van der Waals surface area contributed by atoms with Crippen molar-refractivity contribution in [3.8, 4) is 0 Å². The average molecular weight is 268 g/mol. The molecule has 2 heterocycles. The molecule has 0 aliphatic heterocycles. The first kappa shape index (κ1) is 12.2. The molecule has 20 heavy (non-hydrogen) atoms. The van der Waals surface area contributed by atoms with Crippen LogP contribution in [0, 0.1) is 10.8 Å². The maximum atomic E-state index is 4.53. The van der Waals surface area contributed by atoms with Crippen molar-refractivity contribution in [3.05, 3.63) is 22.8 Å². The van der Waals surface area contributed by atoms with Gasteiger partial charge in [0.1, 0.15) is 0 Å². The van der Waals surface area contributed by atoms with Crippen molar-refractivity contribution in [3.63, 3.8) is 0 Å². The number of hydrogen-bond acceptors (Lipinski definition) is 4. The van der Waals surface area contributed by atoms with E-state index in [1.807, 2.05) is 0 Å². The third-order valence-corrected chi connectivity index (χ3v) is 4.57. The second-order valence-corrected chi connectivity index (χ2v) is 7.97. The molecule has 2 aromatic heterocycles. The van der Waals surface area contributed by atoms with Crippen molar-refractivity contribution in [2.45, 2.75) is 53.4 Å². The molecule has 2 aliphatic carbocycles. The molecule has 4 rings (SSSR count). The molecule has 0 N–H and O–H groups in total. The van der Waals surface area contributed by atoms with Gasteiger partial charge in [-0.05, 0) is 36.5 Å². The highest BCUT2D eigenvalue weighted by Gasteiger charge is 2.35. The van der Waals surface area contributed by atoms with Gasteiger partial charge in [-0.25, -0.2) is 0 Å². The van der Waals surface area contributed by atoms with Gasteiger partial charge in [0.15, 0.2) is 0 Å². The quantitative estimate of drug-likeness (QED) is 0.737. The Labute approximate surface area is 119 Å². The fraction of sp³-hybridized carbons (Fsp3) is 0.625. The fourth-order valence-electron chi connectivity index (χ4n) is 3.78. The lowest BCUT2D eigenvalue weighted by atomic mass is 9.73. The number of rotatable bonds is 0. The van der Waals surface area contributed by atoms with Gasteiger partial charge in [0.25, 0.3) is 0 Å². The van der Waals surface area contributed by atoms with Crippen LogP contribution in [0.2, 0.25) is 0 Å². The van der Waals surface area contributed by atoms with Gasteiger partial charge in [0.05, 0.1) is 22.8 Å². The van der Waals surface area contributed by atoms with Crippen LogP contribution in [0.15, 0.2) is 0 Å². The monoisotopic (exact) mass is 268 g/mol. The van der Waals surface area contributed by atoms with Gasteiger partial charge in [0.2, 0.25) is 0 Å². The van der Waals surface area contributed by atoms with Crippen LogP contribution in [0.1, 0.15) is 50.5 Å². The predicted octanol–water partition coefficient (Wildman–Crippen LogP) is 2.67. The van der Waals surface area contributed by atoms with Crippen molar-refractivity contribution < 1.29 is 0 Å². The molecule has 0 radical (unpaired) electrons. The Bertz CT molecular complexity index is 614. The van der Waals surface area contributed by atoms with Crippen LogP contribution < -0.4 is 0 Å². The highest BCUT2D eigenvalue weighted by atomic mass is 15.1. The van der Waals surface area contributed by atoms with E-state index in [0.29, 0.717) is 0 Å². The molecule has 4 heteroatoms. The lowest BCUT2D eigenvalue weighted by molar-refractivity contribution is 0.331.